The smallest absolute Gasteiger partial charge is 0.103 e. The molecule has 0 bridgehead atoms. The van der Waals surface area contributed by atoms with Gasteiger partial charge in [0.2, 0.25) is 0 Å². The van der Waals surface area contributed by atoms with Crippen LogP contribution in [0.5, 0.6) is 0 Å². The lowest BCUT2D eigenvalue weighted by Crippen LogP contribution is -2.07. The van der Waals surface area contributed by atoms with Gasteiger partial charge >= 0.3 is 0 Å². The van der Waals surface area contributed by atoms with Crippen LogP contribution in [0.25, 0.3) is 0 Å². The number of hydrogen-bond donors (Lipinski definition) is 0. The number of hydrogen-bond acceptors (Lipinski definition) is 3. The van der Waals surface area contributed by atoms with Crippen molar-refractivity contribution in [2.45, 2.75) is 45.2 Å². The van der Waals surface area contributed by atoms with Gasteiger partial charge in [0, 0.05) is 13.7 Å². The molecule has 0 aliphatic rings. The zero-order valence-corrected chi connectivity index (χ0v) is 10.1. The highest BCUT2D eigenvalue weighted by Crippen LogP contribution is 2.10. The largest absolute Gasteiger partial charge is 0.378 e. The summed E-state index contributed by atoms with van der Waals surface area (Å²) in [7, 11) is 1.67. The minimum absolute atomic E-state index is 0.395. The predicted molar refractivity (Wildman–Crippen MR) is 59.8 cm³/mol. The number of alkyl halides is 1. The number of ether oxygens (including phenoxy) is 1. The molecular formula is C10H18ClN3O. The minimum Gasteiger partial charge on any atom is -0.378 e. The maximum absolute atomic E-state index is 5.77. The Morgan fingerprint density at radius 1 is 1.40 bits per heavy atom. The first-order valence-corrected chi connectivity index (χ1v) is 5.83. The van der Waals surface area contributed by atoms with Crippen molar-refractivity contribution in [2.24, 2.45) is 0 Å². The number of aryl methyl sites for hydroxylation is 1. The van der Waals surface area contributed by atoms with E-state index in [1.54, 1.807) is 7.11 Å². The molecule has 0 spiro atoms. The van der Waals surface area contributed by atoms with E-state index in [1.165, 1.54) is 12.8 Å². The van der Waals surface area contributed by atoms with Gasteiger partial charge in [-0.2, -0.15) is 0 Å². The zero-order chi connectivity index (χ0) is 11.1. The van der Waals surface area contributed by atoms with Crippen molar-refractivity contribution >= 4 is 11.6 Å². The van der Waals surface area contributed by atoms with Crippen molar-refractivity contribution in [3.05, 3.63) is 11.4 Å². The van der Waals surface area contributed by atoms with E-state index in [4.69, 9.17) is 16.3 Å². The highest BCUT2D eigenvalue weighted by Gasteiger charge is 2.10. The predicted octanol–water partition coefficient (Wildman–Crippen LogP) is 2.35. The van der Waals surface area contributed by atoms with Crippen LogP contribution < -0.4 is 0 Å². The van der Waals surface area contributed by atoms with Crippen molar-refractivity contribution in [3.63, 3.8) is 0 Å². The number of nitrogens with zero attached hydrogens (tertiary/aromatic N) is 3. The molecule has 0 N–H and O–H groups in total. The molecule has 4 nitrogen and oxygen atoms in total. The summed E-state index contributed by atoms with van der Waals surface area (Å²) in [5.41, 5.74) is 1.83. The molecule has 1 aromatic rings. The number of halogens is 1. The summed E-state index contributed by atoms with van der Waals surface area (Å²) in [5, 5.41) is 8.11. The standard InChI is InChI=1S/C10H18ClN3O/c1-3-4-5-6-14-10(8-15-2)9(7-11)12-13-14/h3-8H2,1-2H3. The molecule has 86 valence electrons. The van der Waals surface area contributed by atoms with Crippen molar-refractivity contribution in [1.29, 1.82) is 0 Å². The van der Waals surface area contributed by atoms with Crippen LogP contribution in [-0.2, 0) is 23.8 Å². The molecule has 1 rings (SSSR count). The van der Waals surface area contributed by atoms with Gasteiger partial charge in [-0.25, -0.2) is 4.68 Å². The van der Waals surface area contributed by atoms with Crippen LogP contribution >= 0.6 is 11.6 Å². The highest BCUT2D eigenvalue weighted by molar-refractivity contribution is 6.16. The van der Waals surface area contributed by atoms with E-state index in [9.17, 15) is 0 Å². The highest BCUT2D eigenvalue weighted by atomic mass is 35.5. The summed E-state index contributed by atoms with van der Waals surface area (Å²) in [4.78, 5) is 0. The van der Waals surface area contributed by atoms with Gasteiger partial charge in [0.25, 0.3) is 0 Å². The Labute approximate surface area is 95.6 Å². The average molecular weight is 232 g/mol. The Kier molecular flexibility index (Phi) is 5.65. The maximum atomic E-state index is 5.77. The Bertz CT molecular complexity index is 288. The molecule has 0 saturated carbocycles. The first-order valence-electron chi connectivity index (χ1n) is 5.29. The molecule has 0 aromatic carbocycles. The molecule has 0 radical (unpaired) electrons. The van der Waals surface area contributed by atoms with Gasteiger partial charge in [-0.3, -0.25) is 0 Å². The second-order valence-electron chi connectivity index (χ2n) is 3.48. The number of methoxy groups -OCH3 is 1. The zero-order valence-electron chi connectivity index (χ0n) is 9.37. The summed E-state index contributed by atoms with van der Waals surface area (Å²) in [6, 6.07) is 0. The molecule has 0 unspecified atom stereocenters. The average Bonchev–Trinajstić information content (AvgIpc) is 2.62. The Balaban J connectivity index is 2.64. The van der Waals surface area contributed by atoms with E-state index in [1.807, 2.05) is 4.68 Å². The summed E-state index contributed by atoms with van der Waals surface area (Å²) < 4.78 is 7.02. The molecule has 0 aliphatic heterocycles. The van der Waals surface area contributed by atoms with E-state index in [0.29, 0.717) is 12.5 Å². The van der Waals surface area contributed by atoms with E-state index in [-0.39, 0.29) is 0 Å². The molecule has 1 heterocycles. The summed E-state index contributed by atoms with van der Waals surface area (Å²) in [6.07, 6.45) is 3.54. The van der Waals surface area contributed by atoms with Crippen LogP contribution in [0.2, 0.25) is 0 Å². The molecule has 15 heavy (non-hydrogen) atoms. The third-order valence-electron chi connectivity index (χ3n) is 2.30. The lowest BCUT2D eigenvalue weighted by molar-refractivity contribution is 0.175. The topological polar surface area (TPSA) is 39.9 Å². The lowest BCUT2D eigenvalue weighted by atomic mass is 10.2. The van der Waals surface area contributed by atoms with Gasteiger partial charge in [0.1, 0.15) is 5.69 Å². The fourth-order valence-corrected chi connectivity index (χ4v) is 1.67. The van der Waals surface area contributed by atoms with Gasteiger partial charge < -0.3 is 4.74 Å². The van der Waals surface area contributed by atoms with E-state index in [2.05, 4.69) is 17.2 Å². The van der Waals surface area contributed by atoms with Crippen LogP contribution in [0.1, 0.15) is 37.6 Å². The molecule has 0 fully saturated rings. The van der Waals surface area contributed by atoms with E-state index < -0.39 is 0 Å². The Morgan fingerprint density at radius 3 is 2.80 bits per heavy atom. The fraction of sp³-hybridized carbons (Fsp3) is 0.800. The number of unbranched alkanes of at least 4 members (excludes halogenated alkanes) is 2. The van der Waals surface area contributed by atoms with Crippen LogP contribution in [0.3, 0.4) is 0 Å². The fourth-order valence-electron chi connectivity index (χ4n) is 1.46. The maximum Gasteiger partial charge on any atom is 0.103 e. The third kappa shape index (κ3) is 3.47. The molecule has 0 aliphatic carbocycles. The minimum atomic E-state index is 0.395. The van der Waals surface area contributed by atoms with Gasteiger partial charge in [-0.05, 0) is 6.42 Å². The molecule has 0 amide bonds. The summed E-state index contributed by atoms with van der Waals surface area (Å²) in [5.74, 6) is 0.395. The lowest BCUT2D eigenvalue weighted by Gasteiger charge is -2.05. The van der Waals surface area contributed by atoms with Gasteiger partial charge in [-0.15, -0.1) is 16.7 Å². The number of rotatable bonds is 7. The van der Waals surface area contributed by atoms with Gasteiger partial charge in [0.05, 0.1) is 18.2 Å². The Hall–Kier alpha value is -0.610. The monoisotopic (exact) mass is 231 g/mol. The van der Waals surface area contributed by atoms with Crippen LogP contribution in [-0.4, -0.2) is 22.1 Å². The second-order valence-corrected chi connectivity index (χ2v) is 3.75. The SMILES string of the molecule is CCCCCn1nnc(CCl)c1COC. The third-order valence-corrected chi connectivity index (χ3v) is 2.55. The van der Waals surface area contributed by atoms with Crippen molar-refractivity contribution in [1.82, 2.24) is 15.0 Å². The molecule has 1 aromatic heterocycles. The molecule has 5 heteroatoms. The van der Waals surface area contributed by atoms with Crippen LogP contribution in [0.4, 0.5) is 0 Å². The first-order chi connectivity index (χ1) is 7.33. The summed E-state index contributed by atoms with van der Waals surface area (Å²) >= 11 is 5.77. The van der Waals surface area contributed by atoms with Crippen molar-refractivity contribution < 1.29 is 4.74 Å². The Morgan fingerprint density at radius 2 is 2.20 bits per heavy atom. The van der Waals surface area contributed by atoms with E-state index in [0.717, 1.165) is 24.4 Å². The van der Waals surface area contributed by atoms with Crippen molar-refractivity contribution in [2.75, 3.05) is 7.11 Å². The second kappa shape index (κ2) is 6.80. The normalized spacial score (nSPS) is 10.9. The van der Waals surface area contributed by atoms with Crippen LogP contribution in [0.15, 0.2) is 0 Å². The van der Waals surface area contributed by atoms with Gasteiger partial charge in [-0.1, -0.05) is 25.0 Å². The van der Waals surface area contributed by atoms with E-state index >= 15 is 0 Å². The van der Waals surface area contributed by atoms with Crippen molar-refractivity contribution in [3.8, 4) is 0 Å². The van der Waals surface area contributed by atoms with Crippen LogP contribution in [0, 0.1) is 0 Å². The quantitative estimate of drug-likeness (QED) is 0.534. The molecule has 0 atom stereocenters. The summed E-state index contributed by atoms with van der Waals surface area (Å²) in [6.45, 7) is 3.61. The first kappa shape index (κ1) is 12.5. The molecule has 0 saturated heterocycles. The van der Waals surface area contributed by atoms with Gasteiger partial charge in [0.15, 0.2) is 0 Å². The number of aromatic nitrogens is 3. The molecular weight excluding hydrogens is 214 g/mol.